The first kappa shape index (κ1) is 23.6. The second kappa shape index (κ2) is 10.5. The maximum absolute atomic E-state index is 12.7. The molecule has 0 bridgehead atoms. The minimum Gasteiger partial charge on any atom is -0.497 e. The molecule has 8 nitrogen and oxygen atoms in total. The molecule has 33 heavy (non-hydrogen) atoms. The SMILES string of the molecule is COc1cc(OC)cc(C(=O)NCC(=O)OCC(=O)c2cc(C)n(-c3ccccc3)c2C)c1. The summed E-state index contributed by atoms with van der Waals surface area (Å²) in [6.07, 6.45) is 0. The van der Waals surface area contributed by atoms with E-state index in [1.54, 1.807) is 12.1 Å². The summed E-state index contributed by atoms with van der Waals surface area (Å²) >= 11 is 0. The van der Waals surface area contributed by atoms with Crippen LogP contribution < -0.4 is 14.8 Å². The fraction of sp³-hybridized carbons (Fsp3) is 0.240. The Bertz CT molecular complexity index is 1140. The number of carbonyl (C=O) groups is 3. The van der Waals surface area contributed by atoms with Crippen LogP contribution in [0.5, 0.6) is 11.5 Å². The van der Waals surface area contributed by atoms with E-state index in [1.165, 1.54) is 26.4 Å². The van der Waals surface area contributed by atoms with Gasteiger partial charge in [-0.1, -0.05) is 18.2 Å². The standard InChI is InChI=1S/C25H26N2O6/c1-16-10-22(17(2)27(16)19-8-6-5-7-9-19)23(28)15-33-24(29)14-26-25(30)18-11-20(31-3)13-21(12-18)32-4/h5-13H,14-15H2,1-4H3,(H,26,30). The van der Waals surface area contributed by atoms with Crippen LogP contribution >= 0.6 is 0 Å². The molecule has 0 saturated carbocycles. The first-order chi connectivity index (χ1) is 15.8. The quantitative estimate of drug-likeness (QED) is 0.397. The van der Waals surface area contributed by atoms with Crippen LogP contribution in [0.1, 0.15) is 32.1 Å². The summed E-state index contributed by atoms with van der Waals surface area (Å²) in [7, 11) is 2.95. The zero-order chi connectivity index (χ0) is 24.0. The highest BCUT2D eigenvalue weighted by Crippen LogP contribution is 2.23. The van der Waals surface area contributed by atoms with Gasteiger partial charge in [-0.3, -0.25) is 14.4 Å². The molecule has 3 rings (SSSR count). The van der Waals surface area contributed by atoms with E-state index in [4.69, 9.17) is 14.2 Å². The van der Waals surface area contributed by atoms with E-state index >= 15 is 0 Å². The van der Waals surface area contributed by atoms with Gasteiger partial charge in [-0.15, -0.1) is 0 Å². The van der Waals surface area contributed by atoms with E-state index < -0.39 is 18.5 Å². The molecule has 0 saturated heterocycles. The summed E-state index contributed by atoms with van der Waals surface area (Å²) in [5, 5.41) is 2.47. The maximum Gasteiger partial charge on any atom is 0.325 e. The summed E-state index contributed by atoms with van der Waals surface area (Å²) in [6, 6.07) is 16.1. The van der Waals surface area contributed by atoms with E-state index in [9.17, 15) is 14.4 Å². The fourth-order valence-corrected chi connectivity index (χ4v) is 3.49. The number of methoxy groups -OCH3 is 2. The highest BCUT2D eigenvalue weighted by atomic mass is 16.5. The minimum atomic E-state index is -0.719. The van der Waals surface area contributed by atoms with Crippen LogP contribution in [0.3, 0.4) is 0 Å². The number of nitrogens with one attached hydrogen (secondary N) is 1. The minimum absolute atomic E-state index is 0.267. The normalized spacial score (nSPS) is 10.4. The molecule has 0 radical (unpaired) electrons. The molecule has 0 aliphatic heterocycles. The third-order valence-electron chi connectivity index (χ3n) is 5.12. The molecule has 172 valence electrons. The number of aryl methyl sites for hydroxylation is 1. The molecule has 1 heterocycles. The van der Waals surface area contributed by atoms with Crippen LogP contribution in [0, 0.1) is 13.8 Å². The van der Waals surface area contributed by atoms with Gasteiger partial charge in [0.25, 0.3) is 5.91 Å². The largest absolute Gasteiger partial charge is 0.497 e. The molecule has 0 aliphatic rings. The molecule has 1 N–H and O–H groups in total. The van der Waals surface area contributed by atoms with Gasteiger partial charge in [0.1, 0.15) is 18.0 Å². The molecule has 1 amide bonds. The summed E-state index contributed by atoms with van der Waals surface area (Å²) in [5.74, 6) is -0.644. The number of benzene rings is 2. The second-order valence-corrected chi connectivity index (χ2v) is 7.32. The van der Waals surface area contributed by atoms with Crippen molar-refractivity contribution >= 4 is 17.7 Å². The molecule has 0 unspecified atom stereocenters. The average molecular weight is 450 g/mol. The number of para-hydroxylation sites is 1. The van der Waals surface area contributed by atoms with Gasteiger partial charge in [0.05, 0.1) is 14.2 Å². The highest BCUT2D eigenvalue weighted by molar-refractivity contribution is 6.00. The maximum atomic E-state index is 12.7. The number of rotatable bonds is 9. The number of esters is 1. The predicted octanol–water partition coefficient (Wildman–Crippen LogP) is 3.27. The van der Waals surface area contributed by atoms with Gasteiger partial charge >= 0.3 is 5.97 Å². The number of ether oxygens (including phenoxy) is 3. The van der Waals surface area contributed by atoms with Crippen molar-refractivity contribution < 1.29 is 28.6 Å². The smallest absolute Gasteiger partial charge is 0.325 e. The lowest BCUT2D eigenvalue weighted by molar-refractivity contribution is -0.141. The lowest BCUT2D eigenvalue weighted by Gasteiger charge is -2.10. The Morgan fingerprint density at radius 1 is 0.909 bits per heavy atom. The van der Waals surface area contributed by atoms with Crippen LogP contribution in [0.4, 0.5) is 0 Å². The van der Waals surface area contributed by atoms with Crippen molar-refractivity contribution in [1.82, 2.24) is 9.88 Å². The average Bonchev–Trinajstić information content (AvgIpc) is 3.14. The van der Waals surface area contributed by atoms with Crippen molar-refractivity contribution in [2.75, 3.05) is 27.4 Å². The van der Waals surface area contributed by atoms with Crippen molar-refractivity contribution in [2.45, 2.75) is 13.8 Å². The lowest BCUT2D eigenvalue weighted by atomic mass is 10.1. The van der Waals surface area contributed by atoms with Crippen molar-refractivity contribution in [1.29, 1.82) is 0 Å². The summed E-state index contributed by atoms with van der Waals surface area (Å²) in [4.78, 5) is 37.1. The monoisotopic (exact) mass is 450 g/mol. The Balaban J connectivity index is 1.57. The molecule has 0 aliphatic carbocycles. The van der Waals surface area contributed by atoms with Crippen LogP contribution in [0.2, 0.25) is 0 Å². The summed E-state index contributed by atoms with van der Waals surface area (Å²) in [6.45, 7) is 2.96. The number of ketones is 1. The molecular weight excluding hydrogens is 424 g/mol. The van der Waals surface area contributed by atoms with Crippen molar-refractivity contribution in [3.8, 4) is 17.2 Å². The Hall–Kier alpha value is -4.07. The number of carbonyl (C=O) groups excluding carboxylic acids is 3. The number of nitrogens with zero attached hydrogens (tertiary/aromatic N) is 1. The highest BCUT2D eigenvalue weighted by Gasteiger charge is 2.18. The molecule has 3 aromatic rings. The third-order valence-corrected chi connectivity index (χ3v) is 5.12. The van der Waals surface area contributed by atoms with E-state index in [0.29, 0.717) is 17.1 Å². The Kier molecular flexibility index (Phi) is 7.50. The molecule has 8 heteroatoms. The zero-order valence-corrected chi connectivity index (χ0v) is 19.0. The van der Waals surface area contributed by atoms with Gasteiger partial charge in [0, 0.05) is 34.3 Å². The van der Waals surface area contributed by atoms with Crippen LogP contribution in [-0.4, -0.2) is 49.6 Å². The first-order valence-corrected chi connectivity index (χ1v) is 10.3. The van der Waals surface area contributed by atoms with Crippen molar-refractivity contribution in [3.05, 3.63) is 77.1 Å². The van der Waals surface area contributed by atoms with Crippen molar-refractivity contribution in [2.24, 2.45) is 0 Å². The molecule has 0 spiro atoms. The van der Waals surface area contributed by atoms with Gasteiger partial charge in [-0.25, -0.2) is 0 Å². The van der Waals surface area contributed by atoms with E-state index in [0.717, 1.165) is 17.1 Å². The van der Waals surface area contributed by atoms with Gasteiger partial charge in [0.15, 0.2) is 6.61 Å². The summed E-state index contributed by atoms with van der Waals surface area (Å²) < 4.78 is 17.3. The number of amides is 1. The number of Topliss-reactive ketones (excluding diaryl/α,β-unsaturated/α-hetero) is 1. The Labute approximate surface area is 192 Å². The summed E-state index contributed by atoms with van der Waals surface area (Å²) in [5.41, 5.74) is 3.36. The first-order valence-electron chi connectivity index (χ1n) is 10.3. The predicted molar refractivity (Wildman–Crippen MR) is 122 cm³/mol. The molecular formula is C25H26N2O6. The third kappa shape index (κ3) is 5.60. The van der Waals surface area contributed by atoms with Gasteiger partial charge in [0.2, 0.25) is 5.78 Å². The van der Waals surface area contributed by atoms with Gasteiger partial charge in [-0.2, -0.15) is 0 Å². The molecule has 0 atom stereocenters. The number of aromatic nitrogens is 1. The molecule has 2 aromatic carbocycles. The van der Waals surface area contributed by atoms with Crippen molar-refractivity contribution in [3.63, 3.8) is 0 Å². The molecule has 0 fully saturated rings. The Morgan fingerprint density at radius 3 is 2.15 bits per heavy atom. The van der Waals surface area contributed by atoms with Gasteiger partial charge < -0.3 is 24.1 Å². The second-order valence-electron chi connectivity index (χ2n) is 7.32. The zero-order valence-electron chi connectivity index (χ0n) is 19.0. The fourth-order valence-electron chi connectivity index (χ4n) is 3.49. The number of hydrogen-bond acceptors (Lipinski definition) is 6. The molecule has 1 aromatic heterocycles. The Morgan fingerprint density at radius 2 is 1.55 bits per heavy atom. The lowest BCUT2D eigenvalue weighted by Crippen LogP contribution is -2.31. The topological polar surface area (TPSA) is 95.9 Å². The van der Waals surface area contributed by atoms with Crippen LogP contribution in [0.25, 0.3) is 5.69 Å². The van der Waals surface area contributed by atoms with Crippen LogP contribution in [-0.2, 0) is 9.53 Å². The number of hydrogen-bond donors (Lipinski definition) is 1. The van der Waals surface area contributed by atoms with Crippen LogP contribution in [0.15, 0.2) is 54.6 Å². The van der Waals surface area contributed by atoms with Gasteiger partial charge in [-0.05, 0) is 44.2 Å². The van der Waals surface area contributed by atoms with E-state index in [2.05, 4.69) is 5.32 Å². The van der Waals surface area contributed by atoms with E-state index in [-0.39, 0.29) is 17.9 Å². The van der Waals surface area contributed by atoms with E-state index in [1.807, 2.05) is 48.7 Å².